The Morgan fingerprint density at radius 1 is 1.37 bits per heavy atom. The number of hydrogen-bond acceptors (Lipinski definition) is 4. The zero-order valence-corrected chi connectivity index (χ0v) is 10.4. The van der Waals surface area contributed by atoms with Gasteiger partial charge in [-0.2, -0.15) is 0 Å². The lowest BCUT2D eigenvalue weighted by Crippen LogP contribution is -2.43. The van der Waals surface area contributed by atoms with Gasteiger partial charge in [-0.1, -0.05) is 30.3 Å². The second kappa shape index (κ2) is 5.71. The Kier molecular flexibility index (Phi) is 4.01. The Labute approximate surface area is 110 Å². The zero-order valence-electron chi connectivity index (χ0n) is 10.4. The second-order valence-corrected chi connectivity index (χ2v) is 4.50. The molecule has 0 radical (unpaired) electrons. The molecule has 1 aromatic rings. The normalized spacial score (nSPS) is 22.3. The van der Waals surface area contributed by atoms with Gasteiger partial charge in [0.25, 0.3) is 0 Å². The van der Waals surface area contributed by atoms with Crippen LogP contribution in [-0.4, -0.2) is 40.7 Å². The molecule has 2 amide bonds. The van der Waals surface area contributed by atoms with Crippen LogP contribution in [0, 0.1) is 0 Å². The minimum absolute atomic E-state index is 0.0707. The fourth-order valence-electron chi connectivity index (χ4n) is 2.09. The molecule has 0 saturated carbocycles. The Bertz CT molecular complexity index is 463. The van der Waals surface area contributed by atoms with E-state index in [2.05, 4.69) is 0 Å². The monoisotopic (exact) mass is 264 g/mol. The molecule has 6 heteroatoms. The predicted molar refractivity (Wildman–Crippen MR) is 66.9 cm³/mol. The molecule has 0 unspecified atom stereocenters. The SMILES string of the molecule is NC(=O)[C@H]1C[C@H](O)CN1C(=O)OCc1ccccc1. The quantitative estimate of drug-likeness (QED) is 0.818. The van der Waals surface area contributed by atoms with Gasteiger partial charge in [0, 0.05) is 6.42 Å². The van der Waals surface area contributed by atoms with Crippen molar-refractivity contribution in [1.29, 1.82) is 0 Å². The lowest BCUT2D eigenvalue weighted by atomic mass is 10.2. The molecule has 102 valence electrons. The highest BCUT2D eigenvalue weighted by Crippen LogP contribution is 2.19. The molecule has 2 atom stereocenters. The van der Waals surface area contributed by atoms with Crippen LogP contribution in [-0.2, 0) is 16.1 Å². The van der Waals surface area contributed by atoms with Crippen LogP contribution in [0.25, 0.3) is 0 Å². The molecule has 1 aromatic carbocycles. The van der Waals surface area contributed by atoms with E-state index in [1.165, 1.54) is 4.90 Å². The second-order valence-electron chi connectivity index (χ2n) is 4.50. The largest absolute Gasteiger partial charge is 0.445 e. The maximum absolute atomic E-state index is 11.9. The third-order valence-corrected chi connectivity index (χ3v) is 3.05. The third kappa shape index (κ3) is 3.23. The van der Waals surface area contributed by atoms with E-state index in [-0.39, 0.29) is 19.6 Å². The summed E-state index contributed by atoms with van der Waals surface area (Å²) in [5.74, 6) is -0.631. The number of aliphatic hydroxyl groups is 1. The molecule has 0 spiro atoms. The number of β-amino-alcohol motifs (C(OH)–C–C–N with tert-alkyl or cyclic N) is 1. The Balaban J connectivity index is 1.94. The van der Waals surface area contributed by atoms with Gasteiger partial charge in [-0.15, -0.1) is 0 Å². The first-order valence-electron chi connectivity index (χ1n) is 6.02. The van der Waals surface area contributed by atoms with Gasteiger partial charge < -0.3 is 15.6 Å². The van der Waals surface area contributed by atoms with Crippen LogP contribution < -0.4 is 5.73 Å². The van der Waals surface area contributed by atoms with E-state index in [9.17, 15) is 14.7 Å². The van der Waals surface area contributed by atoms with Crippen molar-refractivity contribution >= 4 is 12.0 Å². The van der Waals surface area contributed by atoms with Crippen molar-refractivity contribution in [2.75, 3.05) is 6.54 Å². The minimum atomic E-state index is -0.793. The molecule has 0 aliphatic carbocycles. The molecule has 1 aliphatic heterocycles. The number of carbonyl (C=O) groups is 2. The highest BCUT2D eigenvalue weighted by atomic mass is 16.6. The van der Waals surface area contributed by atoms with E-state index in [0.29, 0.717) is 0 Å². The number of nitrogens with zero attached hydrogens (tertiary/aromatic N) is 1. The molecule has 2 rings (SSSR count). The summed E-state index contributed by atoms with van der Waals surface area (Å²) < 4.78 is 5.11. The van der Waals surface area contributed by atoms with Crippen molar-refractivity contribution in [2.45, 2.75) is 25.2 Å². The molecule has 1 saturated heterocycles. The highest BCUT2D eigenvalue weighted by Gasteiger charge is 2.38. The van der Waals surface area contributed by atoms with Gasteiger partial charge in [0.05, 0.1) is 12.6 Å². The van der Waals surface area contributed by atoms with Gasteiger partial charge in [0.15, 0.2) is 0 Å². The molecular weight excluding hydrogens is 248 g/mol. The fraction of sp³-hybridized carbons (Fsp3) is 0.385. The lowest BCUT2D eigenvalue weighted by molar-refractivity contribution is -0.122. The summed E-state index contributed by atoms with van der Waals surface area (Å²) in [6.45, 7) is 0.193. The first-order valence-corrected chi connectivity index (χ1v) is 6.02. The van der Waals surface area contributed by atoms with Gasteiger partial charge in [-0.05, 0) is 5.56 Å². The number of amides is 2. The number of benzene rings is 1. The molecule has 6 nitrogen and oxygen atoms in total. The van der Waals surface area contributed by atoms with Crippen molar-refractivity contribution < 1.29 is 19.4 Å². The summed E-state index contributed by atoms with van der Waals surface area (Å²) in [4.78, 5) is 24.2. The van der Waals surface area contributed by atoms with E-state index < -0.39 is 24.1 Å². The summed E-state index contributed by atoms with van der Waals surface area (Å²) in [5, 5.41) is 9.50. The molecule has 0 bridgehead atoms. The summed E-state index contributed by atoms with van der Waals surface area (Å²) in [5.41, 5.74) is 6.05. The number of nitrogens with two attached hydrogens (primary N) is 1. The van der Waals surface area contributed by atoms with Crippen LogP contribution in [0.5, 0.6) is 0 Å². The molecular formula is C13H16N2O4. The van der Waals surface area contributed by atoms with Crippen molar-refractivity contribution in [3.05, 3.63) is 35.9 Å². The molecule has 19 heavy (non-hydrogen) atoms. The fourth-order valence-corrected chi connectivity index (χ4v) is 2.09. The zero-order chi connectivity index (χ0) is 13.8. The van der Waals surface area contributed by atoms with E-state index in [1.807, 2.05) is 30.3 Å². The van der Waals surface area contributed by atoms with E-state index >= 15 is 0 Å². The Morgan fingerprint density at radius 2 is 2.05 bits per heavy atom. The number of ether oxygens (including phenoxy) is 1. The van der Waals surface area contributed by atoms with Gasteiger partial charge >= 0.3 is 6.09 Å². The number of hydrogen-bond donors (Lipinski definition) is 2. The summed E-state index contributed by atoms with van der Waals surface area (Å²) in [6, 6.07) is 8.42. The molecule has 3 N–H and O–H groups in total. The number of likely N-dealkylation sites (tertiary alicyclic amines) is 1. The van der Waals surface area contributed by atoms with Crippen LogP contribution in [0.15, 0.2) is 30.3 Å². The first-order chi connectivity index (χ1) is 9.08. The molecule has 0 aromatic heterocycles. The van der Waals surface area contributed by atoms with E-state index in [0.717, 1.165) is 5.56 Å². The van der Waals surface area contributed by atoms with Gasteiger partial charge in [0.2, 0.25) is 5.91 Å². The maximum Gasteiger partial charge on any atom is 0.410 e. The maximum atomic E-state index is 11.9. The average molecular weight is 264 g/mol. The van der Waals surface area contributed by atoms with E-state index in [1.54, 1.807) is 0 Å². The Hall–Kier alpha value is -2.08. The number of primary amides is 1. The summed E-state index contributed by atoms with van der Waals surface area (Å²) in [6.07, 6.45) is -1.21. The van der Waals surface area contributed by atoms with E-state index in [4.69, 9.17) is 10.5 Å². The number of carbonyl (C=O) groups excluding carboxylic acids is 2. The third-order valence-electron chi connectivity index (χ3n) is 3.05. The summed E-state index contributed by atoms with van der Waals surface area (Å²) in [7, 11) is 0. The highest BCUT2D eigenvalue weighted by molar-refractivity contribution is 5.85. The minimum Gasteiger partial charge on any atom is -0.445 e. The van der Waals surface area contributed by atoms with Crippen LogP contribution in [0.2, 0.25) is 0 Å². The molecule has 1 heterocycles. The standard InChI is InChI=1S/C13H16N2O4/c14-12(17)11-6-10(16)7-15(11)13(18)19-8-9-4-2-1-3-5-9/h1-5,10-11,16H,6-8H2,(H2,14,17)/t10-,11+/m0/s1. The van der Waals surface area contributed by atoms with Gasteiger partial charge in [-0.3, -0.25) is 9.69 Å². The molecule has 1 fully saturated rings. The number of aliphatic hydroxyl groups excluding tert-OH is 1. The van der Waals surface area contributed by atoms with Crippen molar-refractivity contribution in [1.82, 2.24) is 4.90 Å². The molecule has 1 aliphatic rings. The van der Waals surface area contributed by atoms with Gasteiger partial charge in [-0.25, -0.2) is 4.79 Å². The topological polar surface area (TPSA) is 92.9 Å². The average Bonchev–Trinajstić information content (AvgIpc) is 2.79. The number of rotatable bonds is 3. The van der Waals surface area contributed by atoms with Crippen LogP contribution in [0.3, 0.4) is 0 Å². The smallest absolute Gasteiger partial charge is 0.410 e. The predicted octanol–water partition coefficient (Wildman–Crippen LogP) is 0.244. The Morgan fingerprint density at radius 3 is 2.68 bits per heavy atom. The van der Waals surface area contributed by atoms with Gasteiger partial charge in [0.1, 0.15) is 12.6 Å². The van der Waals surface area contributed by atoms with Crippen molar-refractivity contribution in [2.24, 2.45) is 5.73 Å². The first kappa shape index (κ1) is 13.4. The van der Waals surface area contributed by atoms with Crippen LogP contribution in [0.4, 0.5) is 4.79 Å². The van der Waals surface area contributed by atoms with Crippen molar-refractivity contribution in [3.63, 3.8) is 0 Å². The van der Waals surface area contributed by atoms with Crippen molar-refractivity contribution in [3.8, 4) is 0 Å². The van der Waals surface area contributed by atoms with Crippen LogP contribution >= 0.6 is 0 Å². The lowest BCUT2D eigenvalue weighted by Gasteiger charge is -2.21. The van der Waals surface area contributed by atoms with Crippen LogP contribution in [0.1, 0.15) is 12.0 Å². The summed E-state index contributed by atoms with van der Waals surface area (Å²) >= 11 is 0.